The first-order valence-corrected chi connectivity index (χ1v) is 5.85. The van der Waals surface area contributed by atoms with Crippen LogP contribution in [0.5, 0.6) is 11.5 Å². The largest absolute Gasteiger partial charge is 0.456 e. The first-order valence-electron chi connectivity index (χ1n) is 5.47. The van der Waals surface area contributed by atoms with Gasteiger partial charge in [0.05, 0.1) is 0 Å². The highest BCUT2D eigenvalue weighted by Gasteiger charge is 2.29. The molecule has 0 atom stereocenters. The van der Waals surface area contributed by atoms with Gasteiger partial charge in [-0.3, -0.25) is 0 Å². The minimum absolute atomic E-state index is 0.517. The molecule has 3 nitrogen and oxygen atoms in total. The third kappa shape index (κ3) is 1.83. The van der Waals surface area contributed by atoms with Crippen molar-refractivity contribution in [3.8, 4) is 11.5 Å². The number of ether oxygens (including phenoxy) is 2. The number of halogens is 1. The number of fused-ring (bicyclic) bond motifs is 2. The average Bonchev–Trinajstić information content (AvgIpc) is 2.38. The molecule has 2 aromatic carbocycles. The van der Waals surface area contributed by atoms with E-state index in [1.54, 1.807) is 0 Å². The molecule has 18 heavy (non-hydrogen) atoms. The van der Waals surface area contributed by atoms with Gasteiger partial charge in [-0.15, -0.1) is 0 Å². The highest BCUT2D eigenvalue weighted by molar-refractivity contribution is 6.61. The Labute approximate surface area is 109 Å². The van der Waals surface area contributed by atoms with Crippen molar-refractivity contribution < 1.29 is 14.3 Å². The van der Waals surface area contributed by atoms with E-state index in [1.165, 1.54) is 0 Å². The van der Waals surface area contributed by atoms with Crippen LogP contribution in [0.2, 0.25) is 0 Å². The molecule has 90 valence electrons. The summed E-state index contributed by atoms with van der Waals surface area (Å²) in [4.78, 5) is 11.0. The molecule has 3 rings (SSSR count). The van der Waals surface area contributed by atoms with Crippen molar-refractivity contribution in [1.29, 1.82) is 0 Å². The van der Waals surface area contributed by atoms with Gasteiger partial charge in [0, 0.05) is 22.7 Å². The van der Waals surface area contributed by atoms with Gasteiger partial charge >= 0.3 is 5.43 Å². The third-order valence-corrected chi connectivity index (χ3v) is 2.92. The normalized spacial score (nSPS) is 13.2. The Morgan fingerprint density at radius 2 is 1.50 bits per heavy atom. The topological polar surface area (TPSA) is 35.5 Å². The van der Waals surface area contributed by atoms with Gasteiger partial charge in [0.15, 0.2) is 6.10 Å². The van der Waals surface area contributed by atoms with Crippen LogP contribution in [-0.4, -0.2) is 5.43 Å². The van der Waals surface area contributed by atoms with E-state index in [1.807, 2.05) is 48.5 Å². The molecule has 1 aliphatic rings. The zero-order chi connectivity index (χ0) is 12.5. The van der Waals surface area contributed by atoms with Gasteiger partial charge in [0.2, 0.25) is 0 Å². The lowest BCUT2D eigenvalue weighted by atomic mass is 9.97. The maximum atomic E-state index is 11.0. The van der Waals surface area contributed by atoms with Crippen molar-refractivity contribution in [2.24, 2.45) is 0 Å². The predicted octanol–water partition coefficient (Wildman–Crippen LogP) is 4.26. The Morgan fingerprint density at radius 1 is 1.00 bits per heavy atom. The lowest BCUT2D eigenvalue weighted by molar-refractivity contribution is 0.136. The van der Waals surface area contributed by atoms with Crippen LogP contribution in [-0.2, 0) is 4.74 Å². The standard InChI is InChI=1S/C14H9ClO3/c15-14(16)18-13-9-5-1-3-7-11(9)17-12-8-4-2-6-10(12)13/h1-8,13H. The average molecular weight is 261 g/mol. The Hall–Kier alpha value is -2.00. The number of para-hydroxylation sites is 2. The number of hydrogen-bond donors (Lipinski definition) is 0. The highest BCUT2D eigenvalue weighted by Crippen LogP contribution is 2.44. The van der Waals surface area contributed by atoms with Gasteiger partial charge in [-0.2, -0.15) is 0 Å². The first-order chi connectivity index (χ1) is 8.75. The van der Waals surface area contributed by atoms with E-state index >= 15 is 0 Å². The molecule has 0 N–H and O–H groups in total. The molecule has 0 saturated carbocycles. The van der Waals surface area contributed by atoms with Crippen LogP contribution in [0, 0.1) is 0 Å². The Balaban J connectivity index is 2.14. The maximum absolute atomic E-state index is 11.0. The fourth-order valence-electron chi connectivity index (χ4n) is 2.09. The fraction of sp³-hybridized carbons (Fsp3) is 0.0714. The van der Waals surface area contributed by atoms with E-state index in [2.05, 4.69) is 0 Å². The van der Waals surface area contributed by atoms with E-state index in [4.69, 9.17) is 21.1 Å². The monoisotopic (exact) mass is 260 g/mol. The van der Waals surface area contributed by atoms with Crippen LogP contribution in [0.1, 0.15) is 17.2 Å². The third-order valence-electron chi connectivity index (χ3n) is 2.83. The minimum atomic E-state index is -0.827. The number of rotatable bonds is 1. The molecule has 0 aliphatic carbocycles. The zero-order valence-corrected chi connectivity index (χ0v) is 10.1. The fourth-order valence-corrected chi connectivity index (χ4v) is 2.17. The van der Waals surface area contributed by atoms with E-state index in [0.717, 1.165) is 11.1 Å². The molecule has 1 heterocycles. The Bertz CT molecular complexity index is 564. The SMILES string of the molecule is O=C(Cl)OC1c2ccccc2Oc2ccccc21. The van der Waals surface area contributed by atoms with Gasteiger partial charge < -0.3 is 9.47 Å². The lowest BCUT2D eigenvalue weighted by Crippen LogP contribution is -2.14. The van der Waals surface area contributed by atoms with Gasteiger partial charge in [0.25, 0.3) is 0 Å². The van der Waals surface area contributed by atoms with Crippen LogP contribution >= 0.6 is 11.6 Å². The molecule has 0 spiro atoms. The Kier molecular flexibility index (Phi) is 2.68. The second-order valence-corrected chi connectivity index (χ2v) is 4.22. The van der Waals surface area contributed by atoms with Crippen LogP contribution < -0.4 is 4.74 Å². The second-order valence-electron chi connectivity index (χ2n) is 3.91. The number of carbonyl (C=O) groups excluding carboxylic acids is 1. The lowest BCUT2D eigenvalue weighted by Gasteiger charge is -2.27. The van der Waals surface area contributed by atoms with Gasteiger partial charge in [0.1, 0.15) is 11.5 Å². The minimum Gasteiger partial charge on any atom is -0.456 e. The van der Waals surface area contributed by atoms with Crippen molar-refractivity contribution in [3.63, 3.8) is 0 Å². The van der Waals surface area contributed by atoms with Crippen molar-refractivity contribution in [3.05, 3.63) is 59.7 Å². The highest BCUT2D eigenvalue weighted by atomic mass is 35.5. The number of benzene rings is 2. The van der Waals surface area contributed by atoms with Crippen molar-refractivity contribution >= 4 is 17.0 Å². The smallest absolute Gasteiger partial charge is 0.404 e. The second kappa shape index (κ2) is 4.35. The molecular weight excluding hydrogens is 252 g/mol. The predicted molar refractivity (Wildman–Crippen MR) is 67.1 cm³/mol. The van der Waals surface area contributed by atoms with E-state index in [0.29, 0.717) is 11.5 Å². The molecule has 1 aliphatic heterocycles. The molecular formula is C14H9ClO3. The summed E-state index contributed by atoms with van der Waals surface area (Å²) in [5, 5.41) is 0. The van der Waals surface area contributed by atoms with E-state index in [9.17, 15) is 4.79 Å². The summed E-state index contributed by atoms with van der Waals surface area (Å²) in [5.74, 6) is 1.36. The molecule has 0 fully saturated rings. The summed E-state index contributed by atoms with van der Waals surface area (Å²) in [6.07, 6.45) is -0.517. The zero-order valence-electron chi connectivity index (χ0n) is 9.30. The first kappa shape index (κ1) is 11.1. The number of hydrogen-bond acceptors (Lipinski definition) is 3. The summed E-state index contributed by atoms with van der Waals surface area (Å²) in [5.41, 5.74) is 0.766. The van der Waals surface area contributed by atoms with Crippen molar-refractivity contribution in [2.45, 2.75) is 6.10 Å². The maximum Gasteiger partial charge on any atom is 0.404 e. The van der Waals surface area contributed by atoms with Crippen molar-refractivity contribution in [1.82, 2.24) is 0 Å². The molecule has 2 aromatic rings. The molecule has 0 aromatic heterocycles. The molecule has 0 radical (unpaired) electrons. The summed E-state index contributed by atoms with van der Waals surface area (Å²) in [6, 6.07) is 14.8. The number of carbonyl (C=O) groups is 1. The van der Waals surface area contributed by atoms with Crippen LogP contribution in [0.3, 0.4) is 0 Å². The van der Waals surface area contributed by atoms with Crippen LogP contribution in [0.25, 0.3) is 0 Å². The summed E-state index contributed by atoms with van der Waals surface area (Å²) in [7, 11) is 0. The summed E-state index contributed by atoms with van der Waals surface area (Å²) >= 11 is 5.34. The molecule has 0 unspecified atom stereocenters. The summed E-state index contributed by atoms with van der Waals surface area (Å²) < 4.78 is 10.9. The summed E-state index contributed by atoms with van der Waals surface area (Å²) in [6.45, 7) is 0. The van der Waals surface area contributed by atoms with E-state index in [-0.39, 0.29) is 0 Å². The molecule has 0 bridgehead atoms. The Morgan fingerprint density at radius 3 is 2.00 bits per heavy atom. The molecule has 0 saturated heterocycles. The quantitative estimate of drug-likeness (QED) is 0.719. The van der Waals surface area contributed by atoms with E-state index < -0.39 is 11.5 Å². The van der Waals surface area contributed by atoms with Gasteiger partial charge in [-0.25, -0.2) is 4.79 Å². The molecule has 0 amide bonds. The van der Waals surface area contributed by atoms with Gasteiger partial charge in [-0.1, -0.05) is 36.4 Å². The van der Waals surface area contributed by atoms with Crippen molar-refractivity contribution in [2.75, 3.05) is 0 Å². The van der Waals surface area contributed by atoms with Crippen LogP contribution in [0.4, 0.5) is 4.79 Å². The van der Waals surface area contributed by atoms with Crippen LogP contribution in [0.15, 0.2) is 48.5 Å². The molecule has 4 heteroatoms. The van der Waals surface area contributed by atoms with Gasteiger partial charge in [-0.05, 0) is 12.1 Å².